The van der Waals surface area contributed by atoms with Gasteiger partial charge in [0.05, 0.1) is 31.7 Å². The number of ether oxygens (including phenoxy) is 4. The smallest absolute Gasteiger partial charge is 0.323 e. The van der Waals surface area contributed by atoms with Crippen LogP contribution in [0.2, 0.25) is 0 Å². The minimum atomic E-state index is -0.393. The number of hydrogen-bond acceptors (Lipinski definition) is 7. The number of fused-ring (bicyclic) bond motifs is 1. The Morgan fingerprint density at radius 2 is 1.50 bits per heavy atom. The molecule has 0 aliphatic carbocycles. The number of benzene rings is 3. The summed E-state index contributed by atoms with van der Waals surface area (Å²) in [5, 5.41) is 6.24. The van der Waals surface area contributed by atoms with Gasteiger partial charge < -0.3 is 29.6 Å². The molecule has 0 unspecified atom stereocenters. The lowest BCUT2D eigenvalue weighted by Crippen LogP contribution is -2.19. The van der Waals surface area contributed by atoms with Gasteiger partial charge in [-0.3, -0.25) is 0 Å². The number of aromatic nitrogens is 2. The van der Waals surface area contributed by atoms with Gasteiger partial charge in [0.15, 0.2) is 11.5 Å². The average molecular weight is 460 g/mol. The molecule has 9 nitrogen and oxygen atoms in total. The van der Waals surface area contributed by atoms with E-state index in [2.05, 4.69) is 20.6 Å². The Hall–Kier alpha value is -4.53. The van der Waals surface area contributed by atoms with Crippen LogP contribution in [-0.2, 0) is 0 Å². The lowest BCUT2D eigenvalue weighted by atomic mass is 10.2. The van der Waals surface area contributed by atoms with Crippen molar-refractivity contribution in [2.24, 2.45) is 0 Å². The van der Waals surface area contributed by atoms with Gasteiger partial charge >= 0.3 is 6.03 Å². The zero-order chi connectivity index (χ0) is 23.9. The summed E-state index contributed by atoms with van der Waals surface area (Å²) >= 11 is 0. The molecule has 9 heteroatoms. The van der Waals surface area contributed by atoms with E-state index < -0.39 is 6.03 Å². The fourth-order valence-corrected chi connectivity index (χ4v) is 3.31. The average Bonchev–Trinajstić information content (AvgIpc) is 2.84. The van der Waals surface area contributed by atoms with Crippen molar-refractivity contribution in [1.82, 2.24) is 9.97 Å². The third kappa shape index (κ3) is 5.26. The van der Waals surface area contributed by atoms with Gasteiger partial charge in [0.2, 0.25) is 5.88 Å². The first-order valence-electron chi connectivity index (χ1n) is 10.5. The number of nitrogens with one attached hydrogen (secondary N) is 2. The number of rotatable bonds is 8. The zero-order valence-corrected chi connectivity index (χ0v) is 19.0. The molecule has 1 heterocycles. The highest BCUT2D eigenvalue weighted by Crippen LogP contribution is 2.36. The molecule has 1 aromatic heterocycles. The summed E-state index contributed by atoms with van der Waals surface area (Å²) in [7, 11) is 3.12. The third-order valence-corrected chi connectivity index (χ3v) is 4.81. The fourth-order valence-electron chi connectivity index (χ4n) is 3.31. The second-order valence-corrected chi connectivity index (χ2v) is 7.07. The van der Waals surface area contributed by atoms with Crippen LogP contribution in [0, 0.1) is 0 Å². The molecule has 4 rings (SSSR count). The number of hydrogen-bond donors (Lipinski definition) is 2. The van der Waals surface area contributed by atoms with Crippen molar-refractivity contribution in [3.05, 3.63) is 67.0 Å². The Morgan fingerprint density at radius 1 is 0.853 bits per heavy atom. The first-order chi connectivity index (χ1) is 16.6. The lowest BCUT2D eigenvalue weighted by Gasteiger charge is -2.12. The predicted molar refractivity (Wildman–Crippen MR) is 129 cm³/mol. The molecule has 0 saturated heterocycles. The molecule has 0 bridgehead atoms. The van der Waals surface area contributed by atoms with E-state index in [1.165, 1.54) is 6.33 Å². The molecule has 0 spiro atoms. The summed E-state index contributed by atoms with van der Waals surface area (Å²) in [6, 6.07) is 17.3. The Balaban J connectivity index is 1.50. The molecule has 0 fully saturated rings. The van der Waals surface area contributed by atoms with E-state index >= 15 is 0 Å². The van der Waals surface area contributed by atoms with Gasteiger partial charge in [0, 0.05) is 29.6 Å². The van der Waals surface area contributed by atoms with Crippen molar-refractivity contribution in [2.45, 2.75) is 6.92 Å². The maximum absolute atomic E-state index is 12.5. The lowest BCUT2D eigenvalue weighted by molar-refractivity contribution is 0.262. The van der Waals surface area contributed by atoms with Gasteiger partial charge in [-0.1, -0.05) is 12.1 Å². The largest absolute Gasteiger partial charge is 0.494 e. The summed E-state index contributed by atoms with van der Waals surface area (Å²) in [5.74, 6) is 2.62. The van der Waals surface area contributed by atoms with Crippen LogP contribution in [0.4, 0.5) is 16.2 Å². The van der Waals surface area contributed by atoms with Crippen molar-refractivity contribution in [3.8, 4) is 28.9 Å². The van der Waals surface area contributed by atoms with Crippen LogP contribution in [0.3, 0.4) is 0 Å². The molecular weight excluding hydrogens is 436 g/mol. The predicted octanol–water partition coefficient (Wildman–Crippen LogP) is 5.48. The molecule has 0 radical (unpaired) electrons. The summed E-state index contributed by atoms with van der Waals surface area (Å²) in [5.41, 5.74) is 1.81. The maximum Gasteiger partial charge on any atom is 0.323 e. The molecule has 0 saturated carbocycles. The summed E-state index contributed by atoms with van der Waals surface area (Å²) in [6.45, 7) is 2.45. The van der Waals surface area contributed by atoms with E-state index in [4.69, 9.17) is 18.9 Å². The first-order valence-corrected chi connectivity index (χ1v) is 10.5. The standard InChI is InChI=1S/C25H24N4O5/c1-4-33-18-9-5-7-16(11-18)28-25(30)29-17-8-6-10-19(12-17)34-24-20-13-22(31-2)23(32-3)14-21(20)26-15-27-24/h5-15H,4H2,1-3H3,(H2,28,29,30). The molecule has 174 valence electrons. The van der Waals surface area contributed by atoms with Gasteiger partial charge in [0.25, 0.3) is 0 Å². The van der Waals surface area contributed by atoms with E-state index in [0.29, 0.717) is 57.8 Å². The Bertz CT molecular complexity index is 1310. The van der Waals surface area contributed by atoms with E-state index in [1.807, 2.05) is 19.1 Å². The van der Waals surface area contributed by atoms with E-state index in [1.54, 1.807) is 62.8 Å². The van der Waals surface area contributed by atoms with Gasteiger partial charge in [-0.2, -0.15) is 0 Å². The molecule has 0 aliphatic rings. The van der Waals surface area contributed by atoms with Crippen molar-refractivity contribution >= 4 is 28.3 Å². The fraction of sp³-hybridized carbons (Fsp3) is 0.160. The Kier molecular flexibility index (Phi) is 6.92. The highest BCUT2D eigenvalue weighted by atomic mass is 16.5. The van der Waals surface area contributed by atoms with Crippen molar-refractivity contribution in [1.29, 1.82) is 0 Å². The van der Waals surface area contributed by atoms with Crippen LogP contribution in [0.5, 0.6) is 28.9 Å². The van der Waals surface area contributed by atoms with Crippen LogP contribution in [0.15, 0.2) is 67.0 Å². The molecular formula is C25H24N4O5. The number of carbonyl (C=O) groups excluding carboxylic acids is 1. The quantitative estimate of drug-likeness (QED) is 0.359. The van der Waals surface area contributed by atoms with Crippen molar-refractivity contribution < 1.29 is 23.7 Å². The van der Waals surface area contributed by atoms with Crippen LogP contribution in [0.25, 0.3) is 10.9 Å². The van der Waals surface area contributed by atoms with Crippen molar-refractivity contribution in [2.75, 3.05) is 31.5 Å². The maximum atomic E-state index is 12.5. The zero-order valence-electron chi connectivity index (χ0n) is 19.0. The SMILES string of the molecule is CCOc1cccc(NC(=O)Nc2cccc(Oc3ncnc4cc(OC)c(OC)cc34)c2)c1. The molecule has 0 aliphatic heterocycles. The van der Waals surface area contributed by atoms with E-state index in [9.17, 15) is 4.79 Å². The molecule has 2 N–H and O–H groups in total. The minimum absolute atomic E-state index is 0.347. The van der Waals surface area contributed by atoms with Crippen LogP contribution in [0.1, 0.15) is 6.92 Å². The molecule has 0 atom stereocenters. The Labute approximate surface area is 196 Å². The molecule has 34 heavy (non-hydrogen) atoms. The van der Waals surface area contributed by atoms with Crippen LogP contribution < -0.4 is 29.6 Å². The summed E-state index contributed by atoms with van der Waals surface area (Å²) in [4.78, 5) is 21.0. The Morgan fingerprint density at radius 3 is 2.18 bits per heavy atom. The molecule has 3 aromatic carbocycles. The number of amides is 2. The summed E-state index contributed by atoms with van der Waals surface area (Å²) < 4.78 is 22.2. The van der Waals surface area contributed by atoms with E-state index in [0.717, 1.165) is 0 Å². The number of carbonyl (C=O) groups is 1. The molecule has 2 amide bonds. The van der Waals surface area contributed by atoms with Gasteiger partial charge in [-0.25, -0.2) is 14.8 Å². The van der Waals surface area contributed by atoms with Crippen molar-refractivity contribution in [3.63, 3.8) is 0 Å². The number of methoxy groups -OCH3 is 2. The van der Waals surface area contributed by atoms with Gasteiger partial charge in [-0.05, 0) is 37.3 Å². The number of anilines is 2. The van der Waals surface area contributed by atoms with Crippen LogP contribution >= 0.6 is 0 Å². The highest BCUT2D eigenvalue weighted by molar-refractivity contribution is 6.00. The normalized spacial score (nSPS) is 10.4. The third-order valence-electron chi connectivity index (χ3n) is 4.81. The topological polar surface area (TPSA) is 104 Å². The minimum Gasteiger partial charge on any atom is -0.494 e. The monoisotopic (exact) mass is 460 g/mol. The first kappa shape index (κ1) is 22.7. The second-order valence-electron chi connectivity index (χ2n) is 7.07. The van der Waals surface area contributed by atoms with Gasteiger partial charge in [0.1, 0.15) is 17.8 Å². The summed E-state index contributed by atoms with van der Waals surface area (Å²) in [6.07, 6.45) is 1.41. The number of nitrogens with zero attached hydrogens (tertiary/aromatic N) is 2. The highest BCUT2D eigenvalue weighted by Gasteiger charge is 2.13. The van der Waals surface area contributed by atoms with Crippen LogP contribution in [-0.4, -0.2) is 36.8 Å². The molecule has 4 aromatic rings. The second kappa shape index (κ2) is 10.4. The van der Waals surface area contributed by atoms with Gasteiger partial charge in [-0.15, -0.1) is 0 Å². The number of urea groups is 1. The van der Waals surface area contributed by atoms with E-state index in [-0.39, 0.29) is 0 Å².